The van der Waals surface area contributed by atoms with Crippen LogP contribution in [0.25, 0.3) is 44.7 Å². The zero-order valence-corrected chi connectivity index (χ0v) is 17.4. The van der Waals surface area contributed by atoms with Crippen molar-refractivity contribution < 1.29 is 4.39 Å². The van der Waals surface area contributed by atoms with E-state index < -0.39 is 5.82 Å². The monoisotopic (exact) mass is 429 g/mol. The van der Waals surface area contributed by atoms with E-state index in [9.17, 15) is 0 Å². The molecule has 1 aromatic carbocycles. The van der Waals surface area contributed by atoms with Crippen molar-refractivity contribution in [2.24, 2.45) is 0 Å². The fraction of sp³-hybridized carbons (Fsp3) is 0.227. The third kappa shape index (κ3) is 2.99. The van der Waals surface area contributed by atoms with Crippen LogP contribution < -0.4 is 4.90 Å². The first-order chi connectivity index (χ1) is 15.7. The van der Waals surface area contributed by atoms with Gasteiger partial charge in [0, 0.05) is 55.9 Å². The van der Waals surface area contributed by atoms with Crippen LogP contribution >= 0.6 is 0 Å². The lowest BCUT2D eigenvalue weighted by molar-refractivity contribution is 0.313. The summed E-state index contributed by atoms with van der Waals surface area (Å²) < 4.78 is 15.6. The molecule has 6 rings (SSSR count). The van der Waals surface area contributed by atoms with Crippen LogP contribution in [-0.4, -0.2) is 73.2 Å². The van der Waals surface area contributed by atoms with Gasteiger partial charge >= 0.3 is 0 Å². The van der Waals surface area contributed by atoms with Gasteiger partial charge in [0.2, 0.25) is 0 Å². The van der Waals surface area contributed by atoms with E-state index in [4.69, 9.17) is 4.98 Å². The van der Waals surface area contributed by atoms with Gasteiger partial charge in [-0.25, -0.2) is 24.3 Å². The van der Waals surface area contributed by atoms with Gasteiger partial charge < -0.3 is 14.8 Å². The number of likely N-dealkylation sites (N-methyl/N-ethyl adjacent to an activating group) is 1. The first-order valence-corrected chi connectivity index (χ1v) is 10.4. The van der Waals surface area contributed by atoms with E-state index in [1.807, 2.05) is 6.07 Å². The summed E-state index contributed by atoms with van der Waals surface area (Å²) in [5.41, 5.74) is 4.45. The number of aromatic nitrogens is 7. The van der Waals surface area contributed by atoms with Gasteiger partial charge in [-0.15, -0.1) is 0 Å². The maximum atomic E-state index is 15.6. The maximum absolute atomic E-state index is 15.6. The van der Waals surface area contributed by atoms with Gasteiger partial charge in [-0.3, -0.25) is 5.10 Å². The lowest BCUT2D eigenvalue weighted by atomic mass is 10.0. The van der Waals surface area contributed by atoms with Crippen molar-refractivity contribution in [1.29, 1.82) is 0 Å². The quantitative estimate of drug-likeness (QED) is 0.455. The lowest BCUT2D eigenvalue weighted by Crippen LogP contribution is -2.44. The molecule has 0 radical (unpaired) electrons. The van der Waals surface area contributed by atoms with Gasteiger partial charge in [0.1, 0.15) is 23.4 Å². The van der Waals surface area contributed by atoms with Gasteiger partial charge in [-0.2, -0.15) is 5.10 Å². The average Bonchev–Trinajstić information content (AvgIpc) is 3.45. The number of halogens is 1. The molecule has 0 amide bonds. The Bertz CT molecular complexity index is 1420. The molecule has 0 unspecified atom stereocenters. The molecule has 0 spiro atoms. The Hall–Kier alpha value is -3.92. The molecular weight excluding hydrogens is 409 g/mol. The molecule has 1 saturated heterocycles. The highest BCUT2D eigenvalue weighted by molar-refractivity contribution is 5.97. The molecule has 10 heteroatoms. The number of hydrogen-bond donors (Lipinski definition) is 2. The summed E-state index contributed by atoms with van der Waals surface area (Å²) in [5, 5.41) is 7.65. The minimum absolute atomic E-state index is 0.367. The van der Waals surface area contributed by atoms with Crippen LogP contribution in [0.5, 0.6) is 0 Å². The number of rotatable bonds is 3. The van der Waals surface area contributed by atoms with Crippen LogP contribution in [0.1, 0.15) is 0 Å². The number of aromatic amines is 2. The summed E-state index contributed by atoms with van der Waals surface area (Å²) in [6.07, 6.45) is 6.37. The molecule has 4 aromatic heterocycles. The van der Waals surface area contributed by atoms with Crippen LogP contribution in [0.15, 0.2) is 43.1 Å². The summed E-state index contributed by atoms with van der Waals surface area (Å²) in [6, 6.07) is 5.48. The second-order valence-corrected chi connectivity index (χ2v) is 7.95. The summed E-state index contributed by atoms with van der Waals surface area (Å²) >= 11 is 0. The van der Waals surface area contributed by atoms with Crippen molar-refractivity contribution in [2.75, 3.05) is 38.1 Å². The average molecular weight is 429 g/mol. The SMILES string of the molecule is CN1CCN(c2ccnc3[nH]c(-c4n[nH]c5ccc(-c6cncnc6)c(F)c45)nc23)CC1. The van der Waals surface area contributed by atoms with E-state index in [0.29, 0.717) is 39.2 Å². The Morgan fingerprint density at radius 1 is 1.03 bits per heavy atom. The number of benzene rings is 1. The first-order valence-electron chi connectivity index (χ1n) is 10.4. The van der Waals surface area contributed by atoms with Crippen molar-refractivity contribution in [1.82, 2.24) is 40.0 Å². The zero-order chi connectivity index (χ0) is 21.7. The zero-order valence-electron chi connectivity index (χ0n) is 17.4. The molecule has 1 fully saturated rings. The smallest absolute Gasteiger partial charge is 0.161 e. The number of pyridine rings is 1. The van der Waals surface area contributed by atoms with Gasteiger partial charge in [-0.1, -0.05) is 0 Å². The van der Waals surface area contributed by atoms with Crippen molar-refractivity contribution in [3.05, 3.63) is 48.9 Å². The van der Waals surface area contributed by atoms with E-state index in [1.54, 1.807) is 30.7 Å². The highest BCUT2D eigenvalue weighted by Gasteiger charge is 2.22. The van der Waals surface area contributed by atoms with Crippen molar-refractivity contribution in [2.45, 2.75) is 0 Å². The van der Waals surface area contributed by atoms with Crippen LogP contribution in [0.4, 0.5) is 10.1 Å². The molecule has 32 heavy (non-hydrogen) atoms. The fourth-order valence-corrected chi connectivity index (χ4v) is 4.22. The second-order valence-electron chi connectivity index (χ2n) is 7.95. The normalized spacial score (nSPS) is 15.1. The van der Waals surface area contributed by atoms with E-state index in [2.05, 4.69) is 47.0 Å². The van der Waals surface area contributed by atoms with Crippen LogP contribution in [0.3, 0.4) is 0 Å². The number of piperazine rings is 1. The minimum atomic E-state index is -0.395. The van der Waals surface area contributed by atoms with Crippen molar-refractivity contribution in [3.63, 3.8) is 0 Å². The number of nitrogens with one attached hydrogen (secondary N) is 2. The third-order valence-corrected chi connectivity index (χ3v) is 5.97. The topological polar surface area (TPSA) is 103 Å². The van der Waals surface area contributed by atoms with Gasteiger partial charge in [0.25, 0.3) is 0 Å². The molecular formula is C22H20FN9. The van der Waals surface area contributed by atoms with Crippen LogP contribution in [-0.2, 0) is 0 Å². The number of H-pyrrole nitrogens is 2. The molecule has 0 bridgehead atoms. The Morgan fingerprint density at radius 2 is 1.84 bits per heavy atom. The van der Waals surface area contributed by atoms with Crippen LogP contribution in [0, 0.1) is 5.82 Å². The molecule has 5 heterocycles. The number of imidazole rings is 1. The Kier molecular flexibility index (Phi) is 4.32. The molecule has 9 nitrogen and oxygen atoms in total. The van der Waals surface area contributed by atoms with Gasteiger partial charge in [0.05, 0.1) is 16.6 Å². The number of anilines is 1. The van der Waals surface area contributed by atoms with E-state index in [1.165, 1.54) is 6.33 Å². The highest BCUT2D eigenvalue weighted by Crippen LogP contribution is 2.34. The van der Waals surface area contributed by atoms with Crippen LogP contribution in [0.2, 0.25) is 0 Å². The standard InChI is InChI=1S/C22H20FN9/c1-31-6-8-32(9-7-31)16-4-5-26-21-19(16)27-22(28-21)20-17-15(29-30-20)3-2-14(18(17)23)13-10-24-12-25-11-13/h2-5,10-12H,6-9H2,1H3,(H,29,30)(H,26,27,28). The fourth-order valence-electron chi connectivity index (χ4n) is 4.22. The predicted molar refractivity (Wildman–Crippen MR) is 120 cm³/mol. The number of hydrogen-bond acceptors (Lipinski definition) is 7. The van der Waals surface area contributed by atoms with Gasteiger partial charge in [0.15, 0.2) is 11.5 Å². The number of fused-ring (bicyclic) bond motifs is 2. The van der Waals surface area contributed by atoms with E-state index in [-0.39, 0.29) is 0 Å². The predicted octanol–water partition coefficient (Wildman–Crippen LogP) is 2.85. The largest absolute Gasteiger partial charge is 0.367 e. The van der Waals surface area contributed by atoms with Crippen molar-refractivity contribution in [3.8, 4) is 22.6 Å². The minimum Gasteiger partial charge on any atom is -0.367 e. The summed E-state index contributed by atoms with van der Waals surface area (Å²) in [4.78, 5) is 25.1. The first kappa shape index (κ1) is 18.8. The van der Waals surface area contributed by atoms with E-state index in [0.717, 1.165) is 37.4 Å². The Labute approximate surface area is 182 Å². The maximum Gasteiger partial charge on any atom is 0.161 e. The summed E-state index contributed by atoms with van der Waals surface area (Å²) in [7, 11) is 2.12. The molecule has 0 aliphatic carbocycles. The van der Waals surface area contributed by atoms with E-state index >= 15 is 4.39 Å². The molecule has 0 saturated carbocycles. The summed E-state index contributed by atoms with van der Waals surface area (Å²) in [6.45, 7) is 3.81. The van der Waals surface area contributed by atoms with Gasteiger partial charge in [-0.05, 0) is 25.2 Å². The molecule has 5 aromatic rings. The third-order valence-electron chi connectivity index (χ3n) is 5.97. The molecule has 2 N–H and O–H groups in total. The molecule has 1 aliphatic heterocycles. The molecule has 0 atom stereocenters. The Morgan fingerprint density at radius 3 is 2.66 bits per heavy atom. The van der Waals surface area contributed by atoms with Crippen molar-refractivity contribution >= 4 is 27.8 Å². The second kappa shape index (κ2) is 7.34. The lowest BCUT2D eigenvalue weighted by Gasteiger charge is -2.33. The molecule has 1 aliphatic rings. The molecule has 160 valence electrons. The summed E-state index contributed by atoms with van der Waals surface area (Å²) in [5.74, 6) is 0.0782. The Balaban J connectivity index is 1.48. The number of nitrogens with zero attached hydrogens (tertiary/aromatic N) is 7. The highest BCUT2D eigenvalue weighted by atomic mass is 19.1.